The molecule has 0 bridgehead atoms. The van der Waals surface area contributed by atoms with Crippen LogP contribution in [0.15, 0.2) is 0 Å². The van der Waals surface area contributed by atoms with Crippen LogP contribution in [-0.4, -0.2) is 44.7 Å². The Balaban J connectivity index is 2.05. The standard InChI is InChI=1S/C16H29N5O2/c1-11(2)21-14(13(10-17)18-19-21)12-6-8-20(9-7-12)15(22)23-16(3,4)5/h11-12H,6-10,17H2,1-5H3. The van der Waals surface area contributed by atoms with Gasteiger partial charge >= 0.3 is 6.09 Å². The number of nitrogens with two attached hydrogens (primary N) is 1. The molecule has 0 spiro atoms. The maximum atomic E-state index is 12.2. The Labute approximate surface area is 138 Å². The number of carbonyl (C=O) groups excluding carboxylic acids is 1. The number of rotatable bonds is 3. The summed E-state index contributed by atoms with van der Waals surface area (Å²) in [6.07, 6.45) is 1.53. The smallest absolute Gasteiger partial charge is 0.410 e. The number of piperidine rings is 1. The van der Waals surface area contributed by atoms with Gasteiger partial charge in [0.15, 0.2) is 0 Å². The minimum Gasteiger partial charge on any atom is -0.444 e. The van der Waals surface area contributed by atoms with Gasteiger partial charge in [0.25, 0.3) is 0 Å². The van der Waals surface area contributed by atoms with Gasteiger partial charge in [-0.25, -0.2) is 9.48 Å². The van der Waals surface area contributed by atoms with E-state index in [1.165, 1.54) is 0 Å². The monoisotopic (exact) mass is 323 g/mol. The van der Waals surface area contributed by atoms with Crippen molar-refractivity contribution in [3.05, 3.63) is 11.4 Å². The molecule has 23 heavy (non-hydrogen) atoms. The molecule has 1 aliphatic heterocycles. The van der Waals surface area contributed by atoms with Gasteiger partial charge in [-0.05, 0) is 47.5 Å². The zero-order chi connectivity index (χ0) is 17.2. The maximum absolute atomic E-state index is 12.2. The molecule has 0 atom stereocenters. The van der Waals surface area contributed by atoms with Crippen LogP contribution in [0, 0.1) is 0 Å². The molecule has 0 saturated carbocycles. The number of ether oxygens (including phenoxy) is 1. The fraction of sp³-hybridized carbons (Fsp3) is 0.812. The highest BCUT2D eigenvalue weighted by Crippen LogP contribution is 2.31. The molecule has 0 aliphatic carbocycles. The van der Waals surface area contributed by atoms with E-state index in [1.807, 2.05) is 25.5 Å². The summed E-state index contributed by atoms with van der Waals surface area (Å²) in [6.45, 7) is 11.6. The van der Waals surface area contributed by atoms with Crippen molar-refractivity contribution in [2.24, 2.45) is 5.73 Å². The molecule has 1 aromatic heterocycles. The van der Waals surface area contributed by atoms with Crippen LogP contribution in [-0.2, 0) is 11.3 Å². The minimum atomic E-state index is -0.458. The van der Waals surface area contributed by atoms with Crippen LogP contribution in [0.4, 0.5) is 4.79 Å². The molecule has 7 heteroatoms. The maximum Gasteiger partial charge on any atom is 0.410 e. The number of aromatic nitrogens is 3. The highest BCUT2D eigenvalue weighted by molar-refractivity contribution is 5.68. The zero-order valence-electron chi connectivity index (χ0n) is 14.9. The Morgan fingerprint density at radius 2 is 1.96 bits per heavy atom. The van der Waals surface area contributed by atoms with Crippen molar-refractivity contribution in [2.45, 2.75) is 71.6 Å². The normalized spacial score (nSPS) is 16.9. The first kappa shape index (κ1) is 17.7. The molecule has 7 nitrogen and oxygen atoms in total. The van der Waals surface area contributed by atoms with Crippen molar-refractivity contribution in [2.75, 3.05) is 13.1 Å². The molecule has 2 N–H and O–H groups in total. The number of amides is 1. The number of hydrogen-bond donors (Lipinski definition) is 1. The third-order valence-corrected chi connectivity index (χ3v) is 4.02. The van der Waals surface area contributed by atoms with Crippen LogP contribution in [0.25, 0.3) is 0 Å². The van der Waals surface area contributed by atoms with Gasteiger partial charge in [-0.15, -0.1) is 5.10 Å². The molecule has 2 heterocycles. The second-order valence-corrected chi connectivity index (χ2v) is 7.41. The number of likely N-dealkylation sites (tertiary alicyclic amines) is 1. The van der Waals surface area contributed by atoms with Gasteiger partial charge in [-0.1, -0.05) is 5.21 Å². The van der Waals surface area contributed by atoms with Gasteiger partial charge in [0.2, 0.25) is 0 Å². The van der Waals surface area contributed by atoms with E-state index in [4.69, 9.17) is 10.5 Å². The predicted molar refractivity (Wildman–Crippen MR) is 88.1 cm³/mol. The fourth-order valence-corrected chi connectivity index (χ4v) is 2.95. The second kappa shape index (κ2) is 6.86. The fourth-order valence-electron chi connectivity index (χ4n) is 2.95. The summed E-state index contributed by atoms with van der Waals surface area (Å²) >= 11 is 0. The Hall–Kier alpha value is -1.63. The summed E-state index contributed by atoms with van der Waals surface area (Å²) in [4.78, 5) is 13.9. The van der Waals surface area contributed by atoms with E-state index in [0.29, 0.717) is 25.6 Å². The third kappa shape index (κ3) is 4.22. The zero-order valence-corrected chi connectivity index (χ0v) is 14.9. The lowest BCUT2D eigenvalue weighted by molar-refractivity contribution is 0.0203. The van der Waals surface area contributed by atoms with Crippen molar-refractivity contribution in [3.63, 3.8) is 0 Å². The molecule has 2 rings (SSSR count). The molecule has 1 saturated heterocycles. The first-order valence-electron chi connectivity index (χ1n) is 8.35. The van der Waals surface area contributed by atoms with Crippen LogP contribution < -0.4 is 5.73 Å². The average Bonchev–Trinajstić information content (AvgIpc) is 2.89. The van der Waals surface area contributed by atoms with Gasteiger partial charge in [-0.2, -0.15) is 0 Å². The highest BCUT2D eigenvalue weighted by Gasteiger charge is 2.31. The topological polar surface area (TPSA) is 86.3 Å². The lowest BCUT2D eigenvalue weighted by Gasteiger charge is -2.34. The largest absolute Gasteiger partial charge is 0.444 e. The molecule has 130 valence electrons. The Morgan fingerprint density at radius 1 is 1.35 bits per heavy atom. The summed E-state index contributed by atoms with van der Waals surface area (Å²) in [5.74, 6) is 0.338. The molecule has 1 fully saturated rings. The van der Waals surface area contributed by atoms with Crippen molar-refractivity contribution in [1.82, 2.24) is 19.9 Å². The summed E-state index contributed by atoms with van der Waals surface area (Å²) in [5, 5.41) is 8.46. The Bertz CT molecular complexity index is 539. The summed E-state index contributed by atoms with van der Waals surface area (Å²) < 4.78 is 7.42. The van der Waals surface area contributed by atoms with Gasteiger partial charge in [0.05, 0.1) is 11.4 Å². The average molecular weight is 323 g/mol. The van der Waals surface area contributed by atoms with Crippen LogP contribution in [0.5, 0.6) is 0 Å². The van der Waals surface area contributed by atoms with E-state index in [9.17, 15) is 4.79 Å². The second-order valence-electron chi connectivity index (χ2n) is 7.41. The highest BCUT2D eigenvalue weighted by atomic mass is 16.6. The summed E-state index contributed by atoms with van der Waals surface area (Å²) in [7, 11) is 0. The molecule has 1 aliphatic rings. The van der Waals surface area contributed by atoms with E-state index in [-0.39, 0.29) is 12.1 Å². The van der Waals surface area contributed by atoms with E-state index in [0.717, 1.165) is 24.2 Å². The van der Waals surface area contributed by atoms with E-state index in [1.54, 1.807) is 4.90 Å². The van der Waals surface area contributed by atoms with Gasteiger partial charge in [-0.3, -0.25) is 0 Å². The third-order valence-electron chi connectivity index (χ3n) is 4.02. The van der Waals surface area contributed by atoms with Crippen LogP contribution in [0.2, 0.25) is 0 Å². The predicted octanol–water partition coefficient (Wildman–Crippen LogP) is 2.43. The van der Waals surface area contributed by atoms with Crippen LogP contribution in [0.1, 0.15) is 70.8 Å². The Kier molecular flexibility index (Phi) is 5.29. The lowest BCUT2D eigenvalue weighted by Crippen LogP contribution is -2.41. The lowest BCUT2D eigenvalue weighted by atomic mass is 9.92. The minimum absolute atomic E-state index is 0.231. The summed E-state index contributed by atoms with van der Waals surface area (Å²) in [6, 6.07) is 0.252. The van der Waals surface area contributed by atoms with E-state index < -0.39 is 5.60 Å². The first-order valence-corrected chi connectivity index (χ1v) is 8.35. The molecule has 0 aromatic carbocycles. The van der Waals surface area contributed by atoms with Crippen molar-refractivity contribution >= 4 is 6.09 Å². The number of hydrogen-bond acceptors (Lipinski definition) is 5. The van der Waals surface area contributed by atoms with Crippen molar-refractivity contribution < 1.29 is 9.53 Å². The molecule has 1 amide bonds. The SMILES string of the molecule is CC(C)n1nnc(CN)c1C1CCN(C(=O)OC(C)(C)C)CC1. The molecule has 1 aromatic rings. The quantitative estimate of drug-likeness (QED) is 0.923. The van der Waals surface area contributed by atoms with E-state index >= 15 is 0 Å². The number of nitrogens with zero attached hydrogens (tertiary/aromatic N) is 4. The number of carbonyl (C=O) groups is 1. The Morgan fingerprint density at radius 3 is 2.43 bits per heavy atom. The molecular formula is C16H29N5O2. The van der Waals surface area contributed by atoms with Crippen LogP contribution >= 0.6 is 0 Å². The van der Waals surface area contributed by atoms with Gasteiger partial charge in [0, 0.05) is 31.6 Å². The van der Waals surface area contributed by atoms with E-state index in [2.05, 4.69) is 24.2 Å². The van der Waals surface area contributed by atoms with Crippen molar-refractivity contribution in [3.8, 4) is 0 Å². The first-order chi connectivity index (χ1) is 10.7. The van der Waals surface area contributed by atoms with Gasteiger partial charge < -0.3 is 15.4 Å². The molecule has 0 unspecified atom stereocenters. The summed E-state index contributed by atoms with van der Waals surface area (Å²) in [5.41, 5.74) is 7.36. The van der Waals surface area contributed by atoms with Crippen LogP contribution in [0.3, 0.4) is 0 Å². The molecule has 0 radical (unpaired) electrons. The van der Waals surface area contributed by atoms with Gasteiger partial charge in [0.1, 0.15) is 5.60 Å². The van der Waals surface area contributed by atoms with Crippen molar-refractivity contribution in [1.29, 1.82) is 0 Å². The molecular weight excluding hydrogens is 294 g/mol.